The highest BCUT2D eigenvalue weighted by atomic mass is 32.2. The molecule has 0 spiro atoms. The second-order valence-corrected chi connectivity index (χ2v) is 11.0. The van der Waals surface area contributed by atoms with Gasteiger partial charge in [0, 0.05) is 18.9 Å². The van der Waals surface area contributed by atoms with Crippen LogP contribution < -0.4 is 9.62 Å². The van der Waals surface area contributed by atoms with E-state index >= 15 is 0 Å². The summed E-state index contributed by atoms with van der Waals surface area (Å²) < 4.78 is 48.1. The smallest absolute Gasteiger partial charge is 0.252 e. The average Bonchev–Trinajstić information content (AvgIpc) is 2.64. The van der Waals surface area contributed by atoms with Crippen molar-refractivity contribution in [1.82, 2.24) is 5.32 Å². The van der Waals surface area contributed by atoms with Crippen LogP contribution in [0, 0.1) is 6.92 Å². The zero-order valence-corrected chi connectivity index (χ0v) is 18.8. The van der Waals surface area contributed by atoms with Crippen molar-refractivity contribution in [2.75, 3.05) is 23.9 Å². The van der Waals surface area contributed by atoms with Gasteiger partial charge in [-0.15, -0.1) is 0 Å². The van der Waals surface area contributed by atoms with Gasteiger partial charge in [-0.25, -0.2) is 16.8 Å². The number of carbonyl (C=O) groups excluding carboxylic acids is 1. The van der Waals surface area contributed by atoms with Gasteiger partial charge in [-0.3, -0.25) is 9.10 Å². The summed E-state index contributed by atoms with van der Waals surface area (Å²) in [4.78, 5) is 13.1. The predicted molar refractivity (Wildman–Crippen MR) is 114 cm³/mol. The van der Waals surface area contributed by atoms with E-state index in [9.17, 15) is 21.6 Å². The number of sulfonamides is 1. The maximum absolute atomic E-state index is 12.9. The molecule has 2 rings (SSSR count). The van der Waals surface area contributed by atoms with E-state index in [1.54, 1.807) is 37.3 Å². The molecule has 0 aromatic heterocycles. The number of anilines is 1. The molecular formula is C20H26N2O5S2. The van der Waals surface area contributed by atoms with E-state index in [-0.39, 0.29) is 16.8 Å². The number of nitrogens with zero attached hydrogens (tertiary/aromatic N) is 1. The van der Waals surface area contributed by atoms with Gasteiger partial charge in [-0.05, 0) is 48.7 Å². The number of sulfone groups is 1. The van der Waals surface area contributed by atoms with Crippen molar-refractivity contribution in [1.29, 1.82) is 0 Å². The lowest BCUT2D eigenvalue weighted by molar-refractivity contribution is 0.0935. The topological polar surface area (TPSA) is 101 Å². The molecule has 2 aromatic rings. The van der Waals surface area contributed by atoms with Crippen molar-refractivity contribution in [2.24, 2.45) is 0 Å². The SMILES string of the molecule is CCC(NC(=O)c1cccc(N(C)S(C)(=O)=O)c1C)c1ccc(S(C)(=O)=O)cc1. The normalized spacial score (nSPS) is 13.0. The largest absolute Gasteiger partial charge is 0.345 e. The highest BCUT2D eigenvalue weighted by Gasteiger charge is 2.21. The Labute approximate surface area is 172 Å². The maximum Gasteiger partial charge on any atom is 0.252 e. The van der Waals surface area contributed by atoms with E-state index in [2.05, 4.69) is 5.32 Å². The van der Waals surface area contributed by atoms with Crippen LogP contribution in [0.15, 0.2) is 47.4 Å². The first-order valence-electron chi connectivity index (χ1n) is 9.00. The summed E-state index contributed by atoms with van der Waals surface area (Å²) in [5.74, 6) is -0.328. The minimum atomic E-state index is -3.46. The molecule has 1 N–H and O–H groups in total. The van der Waals surface area contributed by atoms with Crippen LogP contribution in [0.3, 0.4) is 0 Å². The first kappa shape index (κ1) is 22.9. The van der Waals surface area contributed by atoms with Crippen molar-refractivity contribution in [2.45, 2.75) is 31.2 Å². The molecule has 1 amide bonds. The lowest BCUT2D eigenvalue weighted by Crippen LogP contribution is -2.30. The summed E-state index contributed by atoms with van der Waals surface area (Å²) in [5, 5.41) is 2.95. The first-order chi connectivity index (χ1) is 13.4. The monoisotopic (exact) mass is 438 g/mol. The number of nitrogens with one attached hydrogen (secondary N) is 1. The van der Waals surface area contributed by atoms with Crippen LogP contribution in [0.25, 0.3) is 0 Å². The van der Waals surface area contributed by atoms with Crippen LogP contribution in [-0.4, -0.2) is 42.3 Å². The summed E-state index contributed by atoms with van der Waals surface area (Å²) in [7, 11) is -5.30. The van der Waals surface area contributed by atoms with Crippen molar-refractivity contribution < 1.29 is 21.6 Å². The fourth-order valence-electron chi connectivity index (χ4n) is 2.99. The Morgan fingerprint density at radius 3 is 2.10 bits per heavy atom. The molecule has 0 aliphatic heterocycles. The van der Waals surface area contributed by atoms with Crippen LogP contribution in [0.2, 0.25) is 0 Å². The summed E-state index contributed by atoms with van der Waals surface area (Å²) in [6.07, 6.45) is 2.85. The van der Waals surface area contributed by atoms with E-state index in [1.165, 1.54) is 19.2 Å². The Bertz CT molecular complexity index is 1110. The third kappa shape index (κ3) is 5.36. The summed E-state index contributed by atoms with van der Waals surface area (Å²) in [6, 6.07) is 11.0. The minimum absolute atomic E-state index is 0.217. The molecule has 0 heterocycles. The lowest BCUT2D eigenvalue weighted by Gasteiger charge is -2.22. The number of rotatable bonds is 7. The minimum Gasteiger partial charge on any atom is -0.345 e. The van der Waals surface area contributed by atoms with Crippen LogP contribution in [0.5, 0.6) is 0 Å². The number of hydrogen-bond acceptors (Lipinski definition) is 5. The van der Waals surface area contributed by atoms with Gasteiger partial charge < -0.3 is 5.32 Å². The fraction of sp³-hybridized carbons (Fsp3) is 0.350. The second kappa shape index (κ2) is 8.54. The highest BCUT2D eigenvalue weighted by molar-refractivity contribution is 7.92. The van der Waals surface area contributed by atoms with Crippen molar-refractivity contribution >= 4 is 31.5 Å². The molecule has 0 aliphatic rings. The average molecular weight is 439 g/mol. The van der Waals surface area contributed by atoms with Crippen LogP contribution >= 0.6 is 0 Å². The van der Waals surface area contributed by atoms with Crippen molar-refractivity contribution in [3.8, 4) is 0 Å². The van der Waals surface area contributed by atoms with E-state index in [0.717, 1.165) is 22.4 Å². The van der Waals surface area contributed by atoms with Gasteiger partial charge in [0.2, 0.25) is 10.0 Å². The molecule has 0 radical (unpaired) electrons. The van der Waals surface area contributed by atoms with Crippen LogP contribution in [0.4, 0.5) is 5.69 Å². The Balaban J connectivity index is 2.31. The zero-order valence-electron chi connectivity index (χ0n) is 17.1. The molecule has 1 unspecified atom stereocenters. The quantitative estimate of drug-likeness (QED) is 0.716. The molecule has 0 saturated carbocycles. The number of carbonyl (C=O) groups is 1. The van der Waals surface area contributed by atoms with Gasteiger partial charge in [0.15, 0.2) is 9.84 Å². The number of benzene rings is 2. The number of amides is 1. The van der Waals surface area contributed by atoms with E-state index < -0.39 is 19.9 Å². The Morgan fingerprint density at radius 1 is 1.03 bits per heavy atom. The van der Waals surface area contributed by atoms with Gasteiger partial charge in [-0.2, -0.15) is 0 Å². The molecule has 0 bridgehead atoms. The third-order valence-electron chi connectivity index (χ3n) is 4.81. The molecular weight excluding hydrogens is 412 g/mol. The van der Waals surface area contributed by atoms with Gasteiger partial charge in [-0.1, -0.05) is 25.1 Å². The lowest BCUT2D eigenvalue weighted by atomic mass is 10.0. The molecule has 2 aromatic carbocycles. The molecule has 9 heteroatoms. The molecule has 0 aliphatic carbocycles. The van der Waals surface area contributed by atoms with Gasteiger partial charge in [0.25, 0.3) is 5.91 Å². The van der Waals surface area contributed by atoms with Crippen molar-refractivity contribution in [3.05, 3.63) is 59.2 Å². The third-order valence-corrected chi connectivity index (χ3v) is 7.13. The molecule has 0 fully saturated rings. The molecule has 0 saturated heterocycles. The summed E-state index contributed by atoms with van der Waals surface area (Å²) >= 11 is 0. The first-order valence-corrected chi connectivity index (χ1v) is 12.7. The Kier molecular flexibility index (Phi) is 6.74. The fourth-order valence-corrected chi connectivity index (χ4v) is 4.18. The predicted octanol–water partition coefficient (Wildman–Crippen LogP) is 2.68. The van der Waals surface area contributed by atoms with Crippen LogP contribution in [0.1, 0.15) is 40.9 Å². The van der Waals surface area contributed by atoms with Gasteiger partial charge in [0.1, 0.15) is 0 Å². The molecule has 29 heavy (non-hydrogen) atoms. The van der Waals surface area contributed by atoms with E-state index in [0.29, 0.717) is 23.2 Å². The summed E-state index contributed by atoms with van der Waals surface area (Å²) in [6.45, 7) is 3.61. The molecule has 7 nitrogen and oxygen atoms in total. The number of hydrogen-bond donors (Lipinski definition) is 1. The Morgan fingerprint density at radius 2 is 1.62 bits per heavy atom. The summed E-state index contributed by atoms with van der Waals surface area (Å²) in [5.41, 5.74) is 2.16. The van der Waals surface area contributed by atoms with E-state index in [4.69, 9.17) is 0 Å². The van der Waals surface area contributed by atoms with Gasteiger partial charge >= 0.3 is 0 Å². The van der Waals surface area contributed by atoms with Crippen LogP contribution in [-0.2, 0) is 19.9 Å². The molecule has 158 valence electrons. The molecule has 1 atom stereocenters. The Hall–Kier alpha value is -2.39. The zero-order chi connectivity index (χ0) is 22.0. The van der Waals surface area contributed by atoms with E-state index in [1.807, 2.05) is 6.92 Å². The maximum atomic E-state index is 12.9. The highest BCUT2D eigenvalue weighted by Crippen LogP contribution is 2.25. The second-order valence-electron chi connectivity index (χ2n) is 6.96. The van der Waals surface area contributed by atoms with Gasteiger partial charge in [0.05, 0.1) is 22.9 Å². The van der Waals surface area contributed by atoms with Crippen molar-refractivity contribution in [3.63, 3.8) is 0 Å². The standard InChI is InChI=1S/C20H26N2O5S2/c1-6-18(15-10-12-16(13-11-15)28(4,24)25)21-20(23)17-8-7-9-19(14(17)2)22(3)29(5,26)27/h7-13,18H,6H2,1-5H3,(H,21,23).